The third-order valence-corrected chi connectivity index (χ3v) is 9.70. The van der Waals surface area contributed by atoms with Gasteiger partial charge in [-0.2, -0.15) is 0 Å². The highest BCUT2D eigenvalue weighted by atomic mass is 16.5. The van der Waals surface area contributed by atoms with Gasteiger partial charge in [-0.05, 0) is 80.8 Å². The summed E-state index contributed by atoms with van der Waals surface area (Å²) in [4.78, 5) is 17.2. The molecular formula is C34H45N3O3. The number of hydrogen-bond donors (Lipinski definition) is 1. The molecule has 2 aliphatic heterocycles. The Balaban J connectivity index is 1.45. The molecular weight excluding hydrogens is 498 g/mol. The van der Waals surface area contributed by atoms with E-state index in [1.54, 1.807) is 6.07 Å². The minimum absolute atomic E-state index is 0.367. The fourth-order valence-electron chi connectivity index (χ4n) is 7.59. The molecule has 1 N–H and O–H groups in total. The maximum Gasteiger partial charge on any atom is 0.335 e. The molecule has 40 heavy (non-hydrogen) atoms. The molecule has 2 fully saturated rings. The van der Waals surface area contributed by atoms with Gasteiger partial charge in [0.15, 0.2) is 0 Å². The Morgan fingerprint density at radius 2 is 1.80 bits per heavy atom. The number of carboxylic acids is 1. The topological polar surface area (TPSA) is 57.9 Å². The number of ether oxygens (including phenoxy) is 1. The molecule has 0 bridgehead atoms. The lowest BCUT2D eigenvalue weighted by Gasteiger charge is -2.34. The number of hydrogen-bond acceptors (Lipinski definition) is 4. The van der Waals surface area contributed by atoms with E-state index < -0.39 is 5.97 Å². The van der Waals surface area contributed by atoms with Crippen molar-refractivity contribution in [2.45, 2.75) is 77.7 Å². The smallest absolute Gasteiger partial charge is 0.335 e. The van der Waals surface area contributed by atoms with Crippen LogP contribution in [0.4, 0.5) is 5.69 Å². The minimum Gasteiger partial charge on any atom is -0.494 e. The van der Waals surface area contributed by atoms with Crippen LogP contribution in [0.3, 0.4) is 0 Å². The number of benzene rings is 2. The molecule has 0 spiro atoms. The highest BCUT2D eigenvalue weighted by Gasteiger charge is 2.31. The predicted octanol–water partition coefficient (Wildman–Crippen LogP) is 7.39. The summed E-state index contributed by atoms with van der Waals surface area (Å²) >= 11 is 0. The summed E-state index contributed by atoms with van der Waals surface area (Å²) in [6, 6.07) is 12.4. The molecule has 2 aromatic carbocycles. The number of anilines is 1. The molecule has 0 radical (unpaired) electrons. The molecule has 1 aliphatic carbocycles. The van der Waals surface area contributed by atoms with E-state index in [1.165, 1.54) is 92.4 Å². The fourth-order valence-corrected chi connectivity index (χ4v) is 7.59. The molecule has 214 valence electrons. The number of nitrogens with zero attached hydrogens (tertiary/aromatic N) is 3. The minimum atomic E-state index is -0.861. The molecule has 6 rings (SSSR count). The van der Waals surface area contributed by atoms with Crippen molar-refractivity contribution in [3.05, 3.63) is 47.5 Å². The summed E-state index contributed by atoms with van der Waals surface area (Å²) in [7, 11) is 0. The first-order valence-electron chi connectivity index (χ1n) is 15.7. The number of likely N-dealkylation sites (tertiary alicyclic amines) is 1. The van der Waals surface area contributed by atoms with Gasteiger partial charge >= 0.3 is 5.97 Å². The van der Waals surface area contributed by atoms with Gasteiger partial charge < -0.3 is 24.2 Å². The fraction of sp³-hybridized carbons (Fsp3) is 0.559. The molecule has 1 atom stereocenters. The summed E-state index contributed by atoms with van der Waals surface area (Å²) < 4.78 is 8.45. The van der Waals surface area contributed by atoms with E-state index in [-0.39, 0.29) is 0 Å². The van der Waals surface area contributed by atoms with Crippen molar-refractivity contribution in [1.29, 1.82) is 0 Å². The normalized spacial score (nSPS) is 20.2. The van der Waals surface area contributed by atoms with Crippen LogP contribution in [0.2, 0.25) is 0 Å². The van der Waals surface area contributed by atoms with Crippen LogP contribution in [-0.2, 0) is 6.54 Å². The summed E-state index contributed by atoms with van der Waals surface area (Å²) in [6.07, 6.45) is 10.2. The molecule has 1 aromatic heterocycles. The molecule has 3 heterocycles. The number of fused-ring (bicyclic) bond motifs is 5. The van der Waals surface area contributed by atoms with Crippen LogP contribution >= 0.6 is 0 Å². The maximum absolute atomic E-state index is 12.0. The summed E-state index contributed by atoms with van der Waals surface area (Å²) in [5, 5.41) is 11.1. The van der Waals surface area contributed by atoms with Gasteiger partial charge in [-0.1, -0.05) is 38.7 Å². The predicted molar refractivity (Wildman–Crippen MR) is 163 cm³/mol. The Hall–Kier alpha value is -2.99. The molecule has 6 nitrogen and oxygen atoms in total. The van der Waals surface area contributed by atoms with Crippen LogP contribution in [0.15, 0.2) is 36.4 Å². The summed E-state index contributed by atoms with van der Waals surface area (Å²) in [6.45, 7) is 11.2. The highest BCUT2D eigenvalue weighted by molar-refractivity contribution is 5.99. The maximum atomic E-state index is 12.0. The Bertz CT molecular complexity index is 1360. The largest absolute Gasteiger partial charge is 0.494 e. The lowest BCUT2D eigenvalue weighted by Crippen LogP contribution is -2.41. The number of carbonyl (C=O) groups is 1. The number of piperidine rings is 1. The zero-order valence-electron chi connectivity index (χ0n) is 24.3. The molecule has 3 aliphatic rings. The first kappa shape index (κ1) is 27.2. The van der Waals surface area contributed by atoms with E-state index in [2.05, 4.69) is 45.6 Å². The first-order chi connectivity index (χ1) is 19.6. The van der Waals surface area contributed by atoms with Crippen LogP contribution in [-0.4, -0.2) is 59.9 Å². The van der Waals surface area contributed by atoms with Gasteiger partial charge in [0.05, 0.1) is 17.9 Å². The van der Waals surface area contributed by atoms with Gasteiger partial charge in [-0.25, -0.2) is 4.79 Å². The third-order valence-electron chi connectivity index (χ3n) is 9.70. The summed E-state index contributed by atoms with van der Waals surface area (Å²) in [5.74, 6) is 1.39. The van der Waals surface area contributed by atoms with Gasteiger partial charge in [-0.3, -0.25) is 0 Å². The summed E-state index contributed by atoms with van der Waals surface area (Å²) in [5.41, 5.74) is 6.69. The van der Waals surface area contributed by atoms with Crippen LogP contribution < -0.4 is 9.64 Å². The van der Waals surface area contributed by atoms with E-state index in [0.29, 0.717) is 18.1 Å². The SMILES string of the molecule is CCOc1ccc2c(c1)N(CCN1CCCC(CC)C1)CCn1c-2c(C2CCCCC2)c2ccc(C(=O)O)cc21. The van der Waals surface area contributed by atoms with Crippen LogP contribution in [0.1, 0.15) is 87.1 Å². The standard InChI is InChI=1S/C34H45N3O3/c1-3-24-9-8-16-35(23-24)17-18-36-19-20-37-31-21-26(34(38)39)12-14-28(31)32(25-10-6-5-7-11-25)33(37)29-15-13-27(40-4-2)22-30(29)36/h12-15,21-22,24-25H,3-11,16-20,23H2,1-2H3,(H,38,39). The zero-order chi connectivity index (χ0) is 27.6. The Kier molecular flexibility index (Phi) is 8.06. The van der Waals surface area contributed by atoms with Crippen molar-refractivity contribution in [2.24, 2.45) is 5.92 Å². The molecule has 1 saturated carbocycles. The molecule has 1 unspecified atom stereocenters. The first-order valence-corrected chi connectivity index (χ1v) is 15.7. The van der Waals surface area contributed by atoms with Gasteiger partial charge in [0, 0.05) is 60.9 Å². The van der Waals surface area contributed by atoms with Crippen LogP contribution in [0.5, 0.6) is 5.75 Å². The zero-order valence-corrected chi connectivity index (χ0v) is 24.3. The van der Waals surface area contributed by atoms with Crippen LogP contribution in [0.25, 0.3) is 22.2 Å². The number of aromatic carboxylic acids is 1. The van der Waals surface area contributed by atoms with E-state index in [4.69, 9.17) is 4.74 Å². The second-order valence-electron chi connectivity index (χ2n) is 12.1. The Labute approximate surface area is 238 Å². The number of carboxylic acid groups (broad SMARTS) is 1. The van der Waals surface area contributed by atoms with Crippen molar-refractivity contribution < 1.29 is 14.6 Å². The van der Waals surface area contributed by atoms with E-state index in [1.807, 2.05) is 13.0 Å². The quantitative estimate of drug-likeness (QED) is 0.321. The average molecular weight is 544 g/mol. The van der Waals surface area contributed by atoms with Crippen molar-refractivity contribution in [1.82, 2.24) is 9.47 Å². The van der Waals surface area contributed by atoms with Crippen LogP contribution in [0, 0.1) is 5.92 Å². The molecule has 1 saturated heterocycles. The highest BCUT2D eigenvalue weighted by Crippen LogP contribution is 2.48. The number of aromatic nitrogens is 1. The average Bonchev–Trinajstić information content (AvgIpc) is 3.22. The van der Waals surface area contributed by atoms with Crippen molar-refractivity contribution >= 4 is 22.6 Å². The molecule has 3 aromatic rings. The van der Waals surface area contributed by atoms with Crippen molar-refractivity contribution in [3.8, 4) is 17.0 Å². The molecule has 6 heteroatoms. The van der Waals surface area contributed by atoms with Gasteiger partial charge in [0.1, 0.15) is 5.75 Å². The van der Waals surface area contributed by atoms with E-state index >= 15 is 0 Å². The molecule has 0 amide bonds. The second kappa shape index (κ2) is 11.9. The lowest BCUT2D eigenvalue weighted by molar-refractivity contribution is 0.0697. The van der Waals surface area contributed by atoms with Gasteiger partial charge in [-0.15, -0.1) is 0 Å². The Morgan fingerprint density at radius 1 is 0.950 bits per heavy atom. The van der Waals surface area contributed by atoms with Gasteiger partial charge in [0.2, 0.25) is 0 Å². The van der Waals surface area contributed by atoms with Gasteiger partial charge in [0.25, 0.3) is 0 Å². The monoisotopic (exact) mass is 543 g/mol. The van der Waals surface area contributed by atoms with E-state index in [9.17, 15) is 9.90 Å². The second-order valence-corrected chi connectivity index (χ2v) is 12.1. The number of rotatable bonds is 8. The lowest BCUT2D eigenvalue weighted by atomic mass is 9.81. The van der Waals surface area contributed by atoms with E-state index in [0.717, 1.165) is 43.4 Å². The van der Waals surface area contributed by atoms with Crippen molar-refractivity contribution in [3.63, 3.8) is 0 Å². The third kappa shape index (κ3) is 5.23. The van der Waals surface area contributed by atoms with Crippen molar-refractivity contribution in [2.75, 3.05) is 44.2 Å². The Morgan fingerprint density at radius 3 is 2.58 bits per heavy atom.